The van der Waals surface area contributed by atoms with E-state index >= 15 is 4.39 Å². The maximum atomic E-state index is 15.8. The Labute approximate surface area is 228 Å². The number of anilines is 1. The number of fused-ring (bicyclic) bond motifs is 1. The van der Waals surface area contributed by atoms with Gasteiger partial charge in [0.25, 0.3) is 5.91 Å². The van der Waals surface area contributed by atoms with Gasteiger partial charge < -0.3 is 14.2 Å². The van der Waals surface area contributed by atoms with Crippen molar-refractivity contribution in [1.29, 1.82) is 0 Å². The molecule has 1 aliphatic carbocycles. The molecule has 1 saturated carbocycles. The Kier molecular flexibility index (Phi) is 5.67. The van der Waals surface area contributed by atoms with Crippen LogP contribution in [0.3, 0.4) is 0 Å². The van der Waals surface area contributed by atoms with Crippen molar-refractivity contribution in [3.63, 3.8) is 0 Å². The first-order valence-electron chi connectivity index (χ1n) is 13.5. The number of aromatic nitrogens is 3. The molecule has 1 aromatic heterocycles. The summed E-state index contributed by atoms with van der Waals surface area (Å²) in [6, 6.07) is 9.62. The van der Waals surface area contributed by atoms with Crippen molar-refractivity contribution in [2.45, 2.75) is 50.1 Å². The van der Waals surface area contributed by atoms with Gasteiger partial charge in [0.15, 0.2) is 12.0 Å². The first-order chi connectivity index (χ1) is 19.1. The molecule has 3 aromatic rings. The molecule has 4 aliphatic rings. The van der Waals surface area contributed by atoms with Crippen LogP contribution in [0.4, 0.5) is 23.2 Å². The van der Waals surface area contributed by atoms with Gasteiger partial charge in [0.2, 0.25) is 0 Å². The smallest absolute Gasteiger partial charge is 0.379 e. The lowest BCUT2D eigenvalue weighted by molar-refractivity contribution is -0.138. The van der Waals surface area contributed by atoms with E-state index in [4.69, 9.17) is 4.74 Å². The summed E-state index contributed by atoms with van der Waals surface area (Å²) in [5.41, 5.74) is 0.128. The number of carbonyl (C=O) groups excluding carboxylic acids is 1. The largest absolute Gasteiger partial charge is 0.416 e. The lowest BCUT2D eigenvalue weighted by atomic mass is 9.63. The minimum absolute atomic E-state index is 0.0186. The minimum Gasteiger partial charge on any atom is -0.379 e. The molecule has 2 saturated heterocycles. The van der Waals surface area contributed by atoms with Crippen molar-refractivity contribution < 1.29 is 27.1 Å². The van der Waals surface area contributed by atoms with E-state index in [0.717, 1.165) is 13.1 Å². The van der Waals surface area contributed by atoms with Crippen LogP contribution in [0.5, 0.6) is 0 Å². The van der Waals surface area contributed by atoms with Gasteiger partial charge in [-0.2, -0.15) is 13.2 Å². The zero-order valence-electron chi connectivity index (χ0n) is 22.0. The number of ether oxygens (including phenoxy) is 1. The van der Waals surface area contributed by atoms with E-state index in [0.29, 0.717) is 28.8 Å². The van der Waals surface area contributed by atoms with Gasteiger partial charge in [0.1, 0.15) is 6.33 Å². The molecule has 0 unspecified atom stereocenters. The topological polar surface area (TPSA) is 63.5 Å². The third-order valence-corrected chi connectivity index (χ3v) is 9.26. The van der Waals surface area contributed by atoms with Crippen molar-refractivity contribution in [1.82, 2.24) is 19.7 Å². The van der Waals surface area contributed by atoms with Crippen LogP contribution in [-0.4, -0.2) is 51.9 Å². The van der Waals surface area contributed by atoms with Crippen molar-refractivity contribution in [3.05, 3.63) is 76.4 Å². The highest BCUT2D eigenvalue weighted by Gasteiger charge is 2.51. The fraction of sp³-hybridized carbons (Fsp3) is 0.483. The standard InChI is InChI=1S/C29H29F4N5O2/c1-36-17-34-35-25(36)24(30)28(15-40-16-28)19-4-2-5-20(10-19)38-12-22-21(26(38)39)8-18(9-23(22)29(31,32)33)11-37-13-27(14-37)6-3-7-27/h2,4-5,8-10,17,24H,3,6-7,11-16H2,1H3/t24-/m1/s1. The molecule has 0 N–H and O–H groups in total. The summed E-state index contributed by atoms with van der Waals surface area (Å²) in [6.45, 7) is 2.20. The second kappa shape index (κ2) is 8.84. The maximum Gasteiger partial charge on any atom is 0.416 e. The SMILES string of the molecule is Cn1cnnc1[C@@H](F)C1(c2cccc(N3Cc4c(cc(CN5CC6(CCC6)C5)cc4C(F)(F)F)C3=O)c2)COC1. The Morgan fingerprint density at radius 3 is 2.50 bits per heavy atom. The first-order valence-corrected chi connectivity index (χ1v) is 13.5. The number of likely N-dealkylation sites (tertiary alicyclic amines) is 1. The summed E-state index contributed by atoms with van der Waals surface area (Å²) < 4.78 is 65.4. The normalized spacial score (nSPS) is 22.0. The number of aryl methyl sites for hydroxylation is 1. The van der Waals surface area contributed by atoms with Crippen LogP contribution in [0.1, 0.15) is 63.9 Å². The molecule has 7 nitrogen and oxygen atoms in total. The van der Waals surface area contributed by atoms with Crippen LogP contribution < -0.4 is 4.90 Å². The number of carbonyl (C=O) groups is 1. The van der Waals surface area contributed by atoms with Gasteiger partial charge in [0, 0.05) is 37.9 Å². The molecule has 11 heteroatoms. The summed E-state index contributed by atoms with van der Waals surface area (Å²) in [5.74, 6) is -0.325. The molecule has 1 atom stereocenters. The predicted molar refractivity (Wildman–Crippen MR) is 137 cm³/mol. The molecule has 3 fully saturated rings. The first kappa shape index (κ1) is 25.6. The Morgan fingerprint density at radius 2 is 1.90 bits per heavy atom. The van der Waals surface area contributed by atoms with E-state index in [-0.39, 0.29) is 36.7 Å². The monoisotopic (exact) mass is 555 g/mol. The highest BCUT2D eigenvalue weighted by atomic mass is 19.4. The number of hydrogen-bond donors (Lipinski definition) is 0. The second-order valence-electron chi connectivity index (χ2n) is 11.9. The van der Waals surface area contributed by atoms with Crippen LogP contribution in [0.2, 0.25) is 0 Å². The fourth-order valence-corrected chi connectivity index (χ4v) is 6.82. The molecule has 0 bridgehead atoms. The van der Waals surface area contributed by atoms with Gasteiger partial charge >= 0.3 is 6.18 Å². The van der Waals surface area contributed by atoms with Crippen molar-refractivity contribution in [3.8, 4) is 0 Å². The van der Waals surface area contributed by atoms with Crippen LogP contribution >= 0.6 is 0 Å². The fourth-order valence-electron chi connectivity index (χ4n) is 6.82. The minimum atomic E-state index is -4.59. The molecule has 7 rings (SSSR count). The highest BCUT2D eigenvalue weighted by Crippen LogP contribution is 2.49. The number of amides is 1. The lowest BCUT2D eigenvalue weighted by Gasteiger charge is -2.56. The molecule has 4 heterocycles. The Bertz CT molecular complexity index is 1490. The molecule has 1 amide bonds. The van der Waals surface area contributed by atoms with Gasteiger partial charge in [0.05, 0.1) is 30.7 Å². The van der Waals surface area contributed by atoms with E-state index in [1.54, 1.807) is 37.4 Å². The molecule has 0 radical (unpaired) electrons. The molecule has 210 valence electrons. The van der Waals surface area contributed by atoms with Crippen LogP contribution in [0, 0.1) is 5.41 Å². The molecule has 2 aromatic carbocycles. The van der Waals surface area contributed by atoms with Crippen LogP contribution in [0.15, 0.2) is 42.7 Å². The van der Waals surface area contributed by atoms with Gasteiger partial charge in [-0.1, -0.05) is 18.6 Å². The van der Waals surface area contributed by atoms with Gasteiger partial charge in [-0.3, -0.25) is 9.69 Å². The Balaban J connectivity index is 1.19. The summed E-state index contributed by atoms with van der Waals surface area (Å²) in [7, 11) is 1.66. The predicted octanol–water partition coefficient (Wildman–Crippen LogP) is 4.96. The van der Waals surface area contributed by atoms with E-state index in [1.165, 1.54) is 41.1 Å². The van der Waals surface area contributed by atoms with Gasteiger partial charge in [-0.15, -0.1) is 10.2 Å². The Hall–Kier alpha value is -3.31. The van der Waals surface area contributed by atoms with Crippen molar-refractivity contribution in [2.75, 3.05) is 31.2 Å². The molecular formula is C29H29F4N5O2. The molecule has 3 aliphatic heterocycles. The quantitative estimate of drug-likeness (QED) is 0.403. The summed E-state index contributed by atoms with van der Waals surface area (Å²) in [4.78, 5) is 17.1. The zero-order valence-corrected chi connectivity index (χ0v) is 22.0. The van der Waals surface area contributed by atoms with Gasteiger partial charge in [-0.25, -0.2) is 4.39 Å². The van der Waals surface area contributed by atoms with Crippen molar-refractivity contribution >= 4 is 11.6 Å². The number of alkyl halides is 4. The van der Waals surface area contributed by atoms with E-state index < -0.39 is 29.2 Å². The summed E-state index contributed by atoms with van der Waals surface area (Å²) in [5, 5.41) is 7.71. The maximum absolute atomic E-state index is 15.8. The summed E-state index contributed by atoms with van der Waals surface area (Å²) >= 11 is 0. The van der Waals surface area contributed by atoms with E-state index in [1.807, 2.05) is 0 Å². The number of nitrogens with zero attached hydrogens (tertiary/aromatic N) is 5. The third kappa shape index (κ3) is 3.88. The number of halogens is 4. The van der Waals surface area contributed by atoms with Gasteiger partial charge in [-0.05, 0) is 59.2 Å². The number of benzene rings is 2. The van der Waals surface area contributed by atoms with Crippen LogP contribution in [0.25, 0.3) is 0 Å². The second-order valence-corrected chi connectivity index (χ2v) is 11.9. The third-order valence-electron chi connectivity index (χ3n) is 9.26. The zero-order chi connectivity index (χ0) is 27.9. The summed E-state index contributed by atoms with van der Waals surface area (Å²) in [6.07, 6.45) is -1.10. The average Bonchev–Trinajstić information content (AvgIpc) is 3.41. The van der Waals surface area contributed by atoms with Crippen molar-refractivity contribution in [2.24, 2.45) is 12.5 Å². The van der Waals surface area contributed by atoms with E-state index in [2.05, 4.69) is 15.1 Å². The molecule has 40 heavy (non-hydrogen) atoms. The molecular weight excluding hydrogens is 526 g/mol. The van der Waals surface area contributed by atoms with E-state index in [9.17, 15) is 18.0 Å². The average molecular weight is 556 g/mol. The molecule has 1 spiro atoms. The van der Waals surface area contributed by atoms with Crippen LogP contribution in [-0.2, 0) is 36.5 Å². The lowest BCUT2D eigenvalue weighted by Crippen LogP contribution is -2.58. The number of hydrogen-bond acceptors (Lipinski definition) is 5. The highest BCUT2D eigenvalue weighted by molar-refractivity contribution is 6.10. The Morgan fingerprint density at radius 1 is 1.12 bits per heavy atom. The number of rotatable bonds is 6.